The lowest BCUT2D eigenvalue weighted by atomic mass is 10.4. The maximum absolute atomic E-state index is 11.2. The summed E-state index contributed by atoms with van der Waals surface area (Å²) in [7, 11) is 0. The van der Waals surface area contributed by atoms with Gasteiger partial charge in [-0.25, -0.2) is 4.98 Å². The summed E-state index contributed by atoms with van der Waals surface area (Å²) in [4.78, 5) is 23.8. The number of nitrogens with zero attached hydrogens (tertiary/aromatic N) is 3. The molecule has 2 rings (SSSR count). The molecule has 2 heterocycles. The molecule has 1 saturated heterocycles. The smallest absolute Gasteiger partial charge is 0.252 e. The van der Waals surface area contributed by atoms with Crippen LogP contribution in [0.3, 0.4) is 0 Å². The average Bonchev–Trinajstić information content (AvgIpc) is 2.28. The van der Waals surface area contributed by atoms with Gasteiger partial charge in [-0.15, -0.1) is 0 Å². The van der Waals surface area contributed by atoms with Crippen LogP contribution in [0.4, 0.5) is 5.95 Å². The molecule has 0 radical (unpaired) electrons. The molecule has 1 aromatic heterocycles. The lowest BCUT2D eigenvalue weighted by Gasteiger charge is -2.27. The van der Waals surface area contributed by atoms with Crippen molar-refractivity contribution in [3.05, 3.63) is 22.1 Å². The molecule has 1 aromatic rings. The number of hydrogen-bond donors (Lipinski definition) is 2. The Morgan fingerprint density at radius 1 is 1.59 bits per heavy atom. The minimum absolute atomic E-state index is 0.231. The summed E-state index contributed by atoms with van der Waals surface area (Å²) >= 11 is 0. The predicted molar refractivity (Wildman–Crippen MR) is 63.3 cm³/mol. The van der Waals surface area contributed by atoms with Crippen molar-refractivity contribution >= 4 is 11.9 Å². The van der Waals surface area contributed by atoms with Crippen molar-refractivity contribution in [2.75, 3.05) is 26.3 Å². The number of H-pyrrole nitrogens is 1. The highest BCUT2D eigenvalue weighted by Crippen LogP contribution is 2.03. The number of aliphatic imine (C=N–C) groups is 1. The summed E-state index contributed by atoms with van der Waals surface area (Å²) in [5, 5.41) is 0. The number of hydrogen-bond acceptors (Lipinski definition) is 4. The highest BCUT2D eigenvalue weighted by atomic mass is 16.5. The third-order valence-electron chi connectivity index (χ3n) is 2.41. The van der Waals surface area contributed by atoms with Crippen molar-refractivity contribution in [2.24, 2.45) is 10.7 Å². The zero-order valence-corrected chi connectivity index (χ0v) is 9.64. The quantitative estimate of drug-likeness (QED) is 0.500. The fraction of sp³-hybridized carbons (Fsp3) is 0.500. The number of aromatic amines is 1. The van der Waals surface area contributed by atoms with Crippen molar-refractivity contribution in [3.8, 4) is 0 Å². The highest BCUT2D eigenvalue weighted by molar-refractivity contribution is 5.80. The van der Waals surface area contributed by atoms with Crippen LogP contribution >= 0.6 is 0 Å². The summed E-state index contributed by atoms with van der Waals surface area (Å²) in [5.74, 6) is 0.584. The molecular weight excluding hydrogens is 222 g/mol. The Kier molecular flexibility index (Phi) is 3.38. The molecule has 3 N–H and O–H groups in total. The third kappa shape index (κ3) is 3.04. The Hall–Kier alpha value is -1.89. The number of rotatable bonds is 1. The summed E-state index contributed by atoms with van der Waals surface area (Å²) in [5.41, 5.74) is 6.22. The molecule has 17 heavy (non-hydrogen) atoms. The van der Waals surface area contributed by atoms with Gasteiger partial charge in [0.2, 0.25) is 5.95 Å². The second-order valence-electron chi connectivity index (χ2n) is 3.78. The van der Waals surface area contributed by atoms with Gasteiger partial charge < -0.3 is 15.4 Å². The second kappa shape index (κ2) is 4.96. The van der Waals surface area contributed by atoms with E-state index in [1.807, 2.05) is 4.90 Å². The van der Waals surface area contributed by atoms with Crippen LogP contribution in [0.1, 0.15) is 5.69 Å². The molecule has 0 bridgehead atoms. The number of nitrogens with two attached hydrogens (primary N) is 1. The van der Waals surface area contributed by atoms with Crippen LogP contribution in [0, 0.1) is 6.92 Å². The molecule has 0 spiro atoms. The first kappa shape index (κ1) is 11.6. The van der Waals surface area contributed by atoms with Gasteiger partial charge in [-0.3, -0.25) is 9.78 Å². The first-order valence-corrected chi connectivity index (χ1v) is 5.40. The maximum atomic E-state index is 11.2. The minimum Gasteiger partial charge on any atom is -0.378 e. The Morgan fingerprint density at radius 2 is 2.29 bits per heavy atom. The molecule has 7 heteroatoms. The van der Waals surface area contributed by atoms with Crippen LogP contribution in [-0.4, -0.2) is 47.1 Å². The summed E-state index contributed by atoms with van der Waals surface area (Å²) < 4.78 is 5.21. The summed E-state index contributed by atoms with van der Waals surface area (Å²) in [6, 6.07) is 1.41. The fourth-order valence-electron chi connectivity index (χ4n) is 1.59. The lowest BCUT2D eigenvalue weighted by Crippen LogP contribution is -2.44. The van der Waals surface area contributed by atoms with Crippen LogP contribution in [-0.2, 0) is 4.74 Å². The van der Waals surface area contributed by atoms with Gasteiger partial charge in [0.15, 0.2) is 5.96 Å². The van der Waals surface area contributed by atoms with E-state index in [-0.39, 0.29) is 11.5 Å². The van der Waals surface area contributed by atoms with Gasteiger partial charge >= 0.3 is 0 Å². The van der Waals surface area contributed by atoms with Crippen LogP contribution in [0.15, 0.2) is 15.9 Å². The third-order valence-corrected chi connectivity index (χ3v) is 2.41. The first-order valence-electron chi connectivity index (χ1n) is 5.40. The largest absolute Gasteiger partial charge is 0.378 e. The van der Waals surface area contributed by atoms with E-state index in [2.05, 4.69) is 15.0 Å². The van der Waals surface area contributed by atoms with Gasteiger partial charge in [-0.1, -0.05) is 0 Å². The van der Waals surface area contributed by atoms with E-state index in [0.717, 1.165) is 0 Å². The van der Waals surface area contributed by atoms with Crippen molar-refractivity contribution in [2.45, 2.75) is 6.92 Å². The van der Waals surface area contributed by atoms with Gasteiger partial charge in [0.25, 0.3) is 5.56 Å². The van der Waals surface area contributed by atoms with Gasteiger partial charge in [-0.05, 0) is 6.92 Å². The van der Waals surface area contributed by atoms with Gasteiger partial charge in [0.05, 0.1) is 13.2 Å². The standard InChI is InChI=1S/C10H15N5O2/c1-7-6-8(16)13-10(12-7)14-9(11)15-2-4-17-5-3-15/h6H,2-5H2,1H3,(H3,11,12,13,14,16). The fourth-order valence-corrected chi connectivity index (χ4v) is 1.59. The Bertz CT molecular complexity index is 476. The number of nitrogens with one attached hydrogen (secondary N) is 1. The zero-order chi connectivity index (χ0) is 12.3. The minimum atomic E-state index is -0.231. The van der Waals surface area contributed by atoms with E-state index >= 15 is 0 Å². The molecule has 1 aliphatic heterocycles. The van der Waals surface area contributed by atoms with Crippen molar-refractivity contribution in [1.82, 2.24) is 14.9 Å². The van der Waals surface area contributed by atoms with Crippen LogP contribution in [0.5, 0.6) is 0 Å². The molecule has 0 atom stereocenters. The molecule has 0 aliphatic carbocycles. The van der Waals surface area contributed by atoms with E-state index in [1.54, 1.807) is 6.92 Å². The molecule has 92 valence electrons. The molecule has 0 unspecified atom stereocenters. The number of morpholine rings is 1. The summed E-state index contributed by atoms with van der Waals surface area (Å²) in [6.45, 7) is 4.40. The maximum Gasteiger partial charge on any atom is 0.252 e. The second-order valence-corrected chi connectivity index (χ2v) is 3.78. The van der Waals surface area contributed by atoms with Crippen molar-refractivity contribution < 1.29 is 4.74 Å². The van der Waals surface area contributed by atoms with E-state index in [0.29, 0.717) is 38.0 Å². The number of guanidine groups is 1. The molecule has 1 fully saturated rings. The van der Waals surface area contributed by atoms with Crippen LogP contribution in [0.25, 0.3) is 0 Å². The van der Waals surface area contributed by atoms with Crippen molar-refractivity contribution in [3.63, 3.8) is 0 Å². The van der Waals surface area contributed by atoms with E-state index in [1.165, 1.54) is 6.07 Å². The average molecular weight is 237 g/mol. The first-order chi connectivity index (χ1) is 8.15. The van der Waals surface area contributed by atoms with E-state index < -0.39 is 0 Å². The zero-order valence-electron chi connectivity index (χ0n) is 9.64. The Labute approximate surface area is 98.3 Å². The normalized spacial score (nSPS) is 17.2. The number of ether oxygens (including phenoxy) is 1. The van der Waals surface area contributed by atoms with Gasteiger partial charge in [0, 0.05) is 24.8 Å². The Balaban J connectivity index is 2.19. The molecule has 0 aromatic carbocycles. The summed E-state index contributed by atoms with van der Waals surface area (Å²) in [6.07, 6.45) is 0. The Morgan fingerprint density at radius 3 is 2.94 bits per heavy atom. The van der Waals surface area contributed by atoms with Crippen LogP contribution in [0.2, 0.25) is 0 Å². The van der Waals surface area contributed by atoms with Gasteiger partial charge in [0.1, 0.15) is 0 Å². The number of aryl methyl sites for hydroxylation is 1. The SMILES string of the molecule is Cc1cc(=O)[nH]c(/N=C(\N)N2CCOCC2)n1. The molecule has 1 aliphatic rings. The monoisotopic (exact) mass is 237 g/mol. The van der Waals surface area contributed by atoms with E-state index in [4.69, 9.17) is 10.5 Å². The topological polar surface area (TPSA) is 96.6 Å². The molecule has 7 nitrogen and oxygen atoms in total. The molecule has 0 amide bonds. The van der Waals surface area contributed by atoms with Gasteiger partial charge in [-0.2, -0.15) is 4.99 Å². The van der Waals surface area contributed by atoms with Crippen LogP contribution < -0.4 is 11.3 Å². The highest BCUT2D eigenvalue weighted by Gasteiger charge is 2.12. The molecule has 0 saturated carbocycles. The number of aromatic nitrogens is 2. The lowest BCUT2D eigenvalue weighted by molar-refractivity contribution is 0.0675. The van der Waals surface area contributed by atoms with E-state index in [9.17, 15) is 4.79 Å². The predicted octanol–water partition coefficient (Wildman–Crippen LogP) is -0.643. The molecular formula is C10H15N5O2. The van der Waals surface area contributed by atoms with Crippen molar-refractivity contribution in [1.29, 1.82) is 0 Å².